The van der Waals surface area contributed by atoms with Crippen molar-refractivity contribution in [3.8, 4) is 0 Å². The molecule has 84 valence electrons. The number of hydrogen-bond donors (Lipinski definition) is 1. The molecule has 0 saturated carbocycles. The topological polar surface area (TPSA) is 65.4 Å². The van der Waals surface area contributed by atoms with E-state index in [9.17, 15) is 0 Å². The Morgan fingerprint density at radius 3 is 3.25 bits per heavy atom. The molecule has 1 fully saturated rings. The zero-order valence-corrected chi connectivity index (χ0v) is 8.97. The summed E-state index contributed by atoms with van der Waals surface area (Å²) in [5.41, 5.74) is 7.83. The van der Waals surface area contributed by atoms with E-state index >= 15 is 0 Å². The molecule has 5 nitrogen and oxygen atoms in total. The first kappa shape index (κ1) is 9.59. The summed E-state index contributed by atoms with van der Waals surface area (Å²) in [5, 5.41) is 4.27. The fourth-order valence-electron chi connectivity index (χ4n) is 2.20. The minimum absolute atomic E-state index is 0.403. The lowest BCUT2D eigenvalue weighted by molar-refractivity contribution is 0.0807. The highest BCUT2D eigenvalue weighted by Gasteiger charge is 2.20. The van der Waals surface area contributed by atoms with Gasteiger partial charge in [0.2, 0.25) is 0 Å². The Morgan fingerprint density at radius 2 is 2.44 bits per heavy atom. The van der Waals surface area contributed by atoms with E-state index in [0.717, 1.165) is 37.3 Å². The van der Waals surface area contributed by atoms with E-state index < -0.39 is 0 Å². The molecule has 0 spiro atoms. The summed E-state index contributed by atoms with van der Waals surface area (Å²) in [6.45, 7) is 1.63. The minimum Gasteiger partial charge on any atom is -0.384 e. The lowest BCUT2D eigenvalue weighted by Gasteiger charge is -2.20. The average molecular weight is 218 g/mol. The van der Waals surface area contributed by atoms with Gasteiger partial charge in [-0.25, -0.2) is 4.98 Å². The molecule has 1 atom stereocenters. The molecule has 0 bridgehead atoms. The third kappa shape index (κ3) is 1.44. The van der Waals surface area contributed by atoms with Crippen LogP contribution in [0.2, 0.25) is 0 Å². The Labute approximate surface area is 93.2 Å². The van der Waals surface area contributed by atoms with Crippen molar-refractivity contribution in [1.82, 2.24) is 14.6 Å². The van der Waals surface area contributed by atoms with E-state index in [4.69, 9.17) is 10.5 Å². The SMILES string of the molecule is Nc1ccnc2c(C3CCCOC3)cnn12. The highest BCUT2D eigenvalue weighted by Crippen LogP contribution is 2.28. The zero-order valence-electron chi connectivity index (χ0n) is 8.97. The minimum atomic E-state index is 0.403. The predicted molar refractivity (Wildman–Crippen MR) is 60.2 cm³/mol. The Balaban J connectivity index is 2.06. The third-order valence-electron chi connectivity index (χ3n) is 3.06. The fraction of sp³-hybridized carbons (Fsp3) is 0.455. The molecule has 2 aromatic heterocycles. The Kier molecular flexibility index (Phi) is 2.25. The van der Waals surface area contributed by atoms with Gasteiger partial charge in [-0.1, -0.05) is 0 Å². The first-order valence-corrected chi connectivity index (χ1v) is 5.52. The molecular formula is C11H14N4O. The second-order valence-electron chi connectivity index (χ2n) is 4.12. The predicted octanol–water partition coefficient (Wildman–Crippen LogP) is 1.21. The number of anilines is 1. The largest absolute Gasteiger partial charge is 0.384 e. The van der Waals surface area contributed by atoms with Crippen LogP contribution in [0.5, 0.6) is 0 Å². The van der Waals surface area contributed by atoms with E-state index in [-0.39, 0.29) is 0 Å². The van der Waals surface area contributed by atoms with Crippen LogP contribution in [0.25, 0.3) is 5.65 Å². The summed E-state index contributed by atoms with van der Waals surface area (Å²) < 4.78 is 7.17. The van der Waals surface area contributed by atoms with Gasteiger partial charge in [-0.2, -0.15) is 9.61 Å². The molecule has 2 aromatic rings. The highest BCUT2D eigenvalue weighted by molar-refractivity contribution is 5.52. The number of nitrogens with zero attached hydrogens (tertiary/aromatic N) is 3. The van der Waals surface area contributed by atoms with Gasteiger partial charge in [0.1, 0.15) is 5.82 Å². The van der Waals surface area contributed by atoms with E-state index in [1.165, 1.54) is 0 Å². The fourth-order valence-corrected chi connectivity index (χ4v) is 2.20. The molecule has 0 amide bonds. The molecule has 16 heavy (non-hydrogen) atoms. The lowest BCUT2D eigenvalue weighted by Crippen LogP contribution is -2.15. The van der Waals surface area contributed by atoms with Gasteiger partial charge in [0.15, 0.2) is 5.65 Å². The Bertz CT molecular complexity index is 502. The van der Waals surface area contributed by atoms with Crippen molar-refractivity contribution in [3.05, 3.63) is 24.0 Å². The quantitative estimate of drug-likeness (QED) is 0.781. The van der Waals surface area contributed by atoms with Gasteiger partial charge < -0.3 is 10.5 Å². The van der Waals surface area contributed by atoms with Crippen LogP contribution in [0, 0.1) is 0 Å². The summed E-state index contributed by atoms with van der Waals surface area (Å²) in [6, 6.07) is 1.75. The van der Waals surface area contributed by atoms with Gasteiger partial charge in [0.05, 0.1) is 12.8 Å². The van der Waals surface area contributed by atoms with Crippen LogP contribution in [0.15, 0.2) is 18.5 Å². The van der Waals surface area contributed by atoms with Crippen molar-refractivity contribution in [3.63, 3.8) is 0 Å². The Hall–Kier alpha value is -1.62. The summed E-state index contributed by atoms with van der Waals surface area (Å²) in [4.78, 5) is 4.34. The molecule has 2 N–H and O–H groups in total. The number of nitrogen functional groups attached to an aromatic ring is 1. The number of ether oxygens (including phenoxy) is 1. The second-order valence-corrected chi connectivity index (χ2v) is 4.12. The highest BCUT2D eigenvalue weighted by atomic mass is 16.5. The summed E-state index contributed by atoms with van der Waals surface area (Å²) >= 11 is 0. The molecule has 3 heterocycles. The van der Waals surface area contributed by atoms with E-state index in [1.54, 1.807) is 16.8 Å². The van der Waals surface area contributed by atoms with Crippen molar-refractivity contribution in [2.45, 2.75) is 18.8 Å². The second kappa shape index (κ2) is 3.75. The van der Waals surface area contributed by atoms with Crippen LogP contribution < -0.4 is 5.73 Å². The third-order valence-corrected chi connectivity index (χ3v) is 3.06. The standard InChI is InChI=1S/C11H14N4O/c12-10-3-4-13-11-9(6-14-15(10)11)8-2-1-5-16-7-8/h3-4,6,8H,1-2,5,7,12H2. The summed E-state index contributed by atoms with van der Waals surface area (Å²) in [5.74, 6) is 1.02. The normalized spacial score (nSPS) is 21.4. The molecule has 0 aromatic carbocycles. The number of rotatable bonds is 1. The van der Waals surface area contributed by atoms with Crippen molar-refractivity contribution in [1.29, 1.82) is 0 Å². The summed E-state index contributed by atoms with van der Waals surface area (Å²) in [7, 11) is 0. The van der Waals surface area contributed by atoms with Crippen LogP contribution in [0.1, 0.15) is 24.3 Å². The molecule has 0 aliphatic carbocycles. The number of fused-ring (bicyclic) bond motifs is 1. The lowest BCUT2D eigenvalue weighted by atomic mass is 9.96. The van der Waals surface area contributed by atoms with Crippen LogP contribution in [-0.4, -0.2) is 27.8 Å². The molecule has 1 saturated heterocycles. The molecule has 0 radical (unpaired) electrons. The van der Waals surface area contributed by atoms with E-state index in [0.29, 0.717) is 11.7 Å². The summed E-state index contributed by atoms with van der Waals surface area (Å²) in [6.07, 6.45) is 5.82. The molecule has 1 aliphatic rings. The maximum Gasteiger partial charge on any atom is 0.160 e. The van der Waals surface area contributed by atoms with Crippen molar-refractivity contribution in [2.75, 3.05) is 18.9 Å². The first-order valence-electron chi connectivity index (χ1n) is 5.52. The van der Waals surface area contributed by atoms with Gasteiger partial charge in [-0.05, 0) is 18.9 Å². The van der Waals surface area contributed by atoms with E-state index in [2.05, 4.69) is 10.1 Å². The number of aromatic nitrogens is 3. The van der Waals surface area contributed by atoms with Gasteiger partial charge >= 0.3 is 0 Å². The smallest absolute Gasteiger partial charge is 0.160 e. The van der Waals surface area contributed by atoms with Crippen molar-refractivity contribution >= 4 is 11.5 Å². The van der Waals surface area contributed by atoms with Gasteiger partial charge in [-0.15, -0.1) is 0 Å². The number of hydrogen-bond acceptors (Lipinski definition) is 4. The number of nitrogens with two attached hydrogens (primary N) is 1. The van der Waals surface area contributed by atoms with Crippen LogP contribution >= 0.6 is 0 Å². The van der Waals surface area contributed by atoms with Crippen molar-refractivity contribution in [2.24, 2.45) is 0 Å². The van der Waals surface area contributed by atoms with Gasteiger partial charge in [0.25, 0.3) is 0 Å². The maximum atomic E-state index is 5.83. The Morgan fingerprint density at radius 1 is 1.50 bits per heavy atom. The molecule has 3 rings (SSSR count). The molecule has 1 unspecified atom stereocenters. The van der Waals surface area contributed by atoms with Crippen molar-refractivity contribution < 1.29 is 4.74 Å². The molecular weight excluding hydrogens is 204 g/mol. The monoisotopic (exact) mass is 218 g/mol. The van der Waals surface area contributed by atoms with Crippen LogP contribution in [-0.2, 0) is 4.74 Å². The zero-order chi connectivity index (χ0) is 11.0. The maximum absolute atomic E-state index is 5.83. The van der Waals surface area contributed by atoms with Crippen LogP contribution in [0.4, 0.5) is 5.82 Å². The van der Waals surface area contributed by atoms with Gasteiger partial charge in [-0.3, -0.25) is 0 Å². The molecule has 1 aliphatic heterocycles. The molecule has 5 heteroatoms. The average Bonchev–Trinajstić information content (AvgIpc) is 2.75. The van der Waals surface area contributed by atoms with Gasteiger partial charge in [0, 0.05) is 24.3 Å². The first-order chi connectivity index (χ1) is 7.86. The van der Waals surface area contributed by atoms with E-state index in [1.807, 2.05) is 6.20 Å². The van der Waals surface area contributed by atoms with Crippen LogP contribution in [0.3, 0.4) is 0 Å².